The number of H-pyrrole nitrogens is 1. The van der Waals surface area contributed by atoms with Crippen LogP contribution < -0.4 is 17.0 Å². The predicted molar refractivity (Wildman–Crippen MR) is 59.5 cm³/mol. The van der Waals surface area contributed by atoms with Gasteiger partial charge in [-0.15, -0.1) is 0 Å². The van der Waals surface area contributed by atoms with Crippen LogP contribution in [0.15, 0.2) is 30.5 Å². The Hall–Kier alpha value is -1.28. The van der Waals surface area contributed by atoms with Crippen molar-refractivity contribution in [3.63, 3.8) is 0 Å². The fourth-order valence-corrected chi connectivity index (χ4v) is 2.28. The molecule has 3 heteroatoms. The van der Waals surface area contributed by atoms with Gasteiger partial charge in [-0.05, 0) is 13.3 Å². The van der Waals surface area contributed by atoms with Gasteiger partial charge in [0.05, 0.1) is 13.0 Å². The van der Waals surface area contributed by atoms with Crippen LogP contribution in [0.1, 0.15) is 17.8 Å². The van der Waals surface area contributed by atoms with Crippen LogP contribution in [0.4, 0.5) is 0 Å². The number of benzene rings is 1. The molecule has 84 valence electrons. The number of aromatic amines is 1. The number of hydrogen-bond acceptors (Lipinski definition) is 0. The van der Waals surface area contributed by atoms with Gasteiger partial charge < -0.3 is 12.4 Å². The molecule has 0 spiro atoms. The Balaban J connectivity index is 0.000000963. The quantitative estimate of drug-likeness (QED) is 0.626. The molecule has 0 bridgehead atoms. The van der Waals surface area contributed by atoms with E-state index in [1.165, 1.54) is 35.5 Å². The van der Waals surface area contributed by atoms with Gasteiger partial charge in [0.25, 0.3) is 5.82 Å². The van der Waals surface area contributed by atoms with E-state index in [0.717, 1.165) is 6.54 Å². The Labute approximate surface area is 102 Å². The lowest BCUT2D eigenvalue weighted by Gasteiger charge is -1.99. The Morgan fingerprint density at radius 2 is 1.94 bits per heavy atom. The number of imidazole rings is 1. The molecule has 3 rings (SSSR count). The molecule has 1 aliphatic rings. The summed E-state index contributed by atoms with van der Waals surface area (Å²) in [6.45, 7) is 3.28. The molecule has 0 atom stereocenters. The molecule has 0 amide bonds. The van der Waals surface area contributed by atoms with Gasteiger partial charge in [0.1, 0.15) is 6.20 Å². The summed E-state index contributed by atoms with van der Waals surface area (Å²) >= 11 is 0. The zero-order valence-corrected chi connectivity index (χ0v) is 10.1. The lowest BCUT2D eigenvalue weighted by Crippen LogP contribution is -3.00. The molecule has 2 nitrogen and oxygen atoms in total. The summed E-state index contributed by atoms with van der Waals surface area (Å²) in [6, 6.07) is 8.74. The van der Waals surface area contributed by atoms with Crippen molar-refractivity contribution < 1.29 is 17.0 Å². The molecule has 0 saturated carbocycles. The molecule has 0 unspecified atom stereocenters. The molecular formula is C13H15ClN2. The number of aromatic nitrogens is 2. The van der Waals surface area contributed by atoms with E-state index in [0.29, 0.717) is 0 Å². The maximum absolute atomic E-state index is 3.36. The van der Waals surface area contributed by atoms with Gasteiger partial charge in [-0.25, -0.2) is 9.55 Å². The Morgan fingerprint density at radius 3 is 2.69 bits per heavy atom. The number of hydrogen-bond donors (Lipinski definition) is 1. The van der Waals surface area contributed by atoms with Crippen molar-refractivity contribution in [3.8, 4) is 11.3 Å². The van der Waals surface area contributed by atoms with Crippen LogP contribution in [0.2, 0.25) is 0 Å². The molecule has 1 aliphatic heterocycles. The second-order valence-corrected chi connectivity index (χ2v) is 4.24. The standard InChI is InChI=1S/C13H14N2.ClH/c1-10-4-6-11(7-5-10)12-9-14-13-3-2-8-15(12)13;/h4-7,9H,2-3,8H2,1H3;1H. The summed E-state index contributed by atoms with van der Waals surface area (Å²) in [5.74, 6) is 1.37. The Bertz CT molecular complexity index is 485. The number of aryl methyl sites for hydroxylation is 2. The Morgan fingerprint density at radius 1 is 1.19 bits per heavy atom. The largest absolute Gasteiger partial charge is 1.00 e. The third-order valence-corrected chi connectivity index (χ3v) is 3.13. The minimum absolute atomic E-state index is 0. The second-order valence-electron chi connectivity index (χ2n) is 4.24. The summed E-state index contributed by atoms with van der Waals surface area (Å²) in [6.07, 6.45) is 4.58. The summed E-state index contributed by atoms with van der Waals surface area (Å²) in [7, 11) is 0. The van der Waals surface area contributed by atoms with E-state index in [1.54, 1.807) is 0 Å². The third-order valence-electron chi connectivity index (χ3n) is 3.13. The monoisotopic (exact) mass is 234 g/mol. The average Bonchev–Trinajstić information content (AvgIpc) is 2.80. The maximum Gasteiger partial charge on any atom is 0.254 e. The molecule has 1 aromatic carbocycles. The molecule has 16 heavy (non-hydrogen) atoms. The van der Waals surface area contributed by atoms with Gasteiger partial charge in [-0.2, -0.15) is 0 Å². The summed E-state index contributed by atoms with van der Waals surface area (Å²) < 4.78 is 2.39. The predicted octanol–water partition coefficient (Wildman–Crippen LogP) is -0.772. The molecule has 0 fully saturated rings. The first-order chi connectivity index (χ1) is 7.34. The van der Waals surface area contributed by atoms with Crippen molar-refractivity contribution in [1.82, 2.24) is 4.98 Å². The average molecular weight is 235 g/mol. The topological polar surface area (TPSA) is 19.7 Å². The van der Waals surface area contributed by atoms with Gasteiger partial charge in [-0.3, -0.25) is 0 Å². The van der Waals surface area contributed by atoms with Crippen molar-refractivity contribution >= 4 is 0 Å². The highest BCUT2D eigenvalue weighted by atomic mass is 35.5. The molecule has 0 saturated heterocycles. The van der Waals surface area contributed by atoms with E-state index in [2.05, 4.69) is 46.9 Å². The molecule has 2 heterocycles. The van der Waals surface area contributed by atoms with E-state index in [4.69, 9.17) is 0 Å². The van der Waals surface area contributed by atoms with E-state index >= 15 is 0 Å². The van der Waals surface area contributed by atoms with Gasteiger partial charge in [0.2, 0.25) is 0 Å². The molecule has 0 radical (unpaired) electrons. The fourth-order valence-electron chi connectivity index (χ4n) is 2.28. The van der Waals surface area contributed by atoms with E-state index < -0.39 is 0 Å². The van der Waals surface area contributed by atoms with E-state index in [9.17, 15) is 0 Å². The van der Waals surface area contributed by atoms with E-state index in [1.807, 2.05) is 0 Å². The van der Waals surface area contributed by atoms with Crippen LogP contribution in [0.3, 0.4) is 0 Å². The van der Waals surface area contributed by atoms with Crippen molar-refractivity contribution in [2.75, 3.05) is 0 Å². The van der Waals surface area contributed by atoms with Gasteiger partial charge in [0.15, 0.2) is 5.69 Å². The molecule has 1 aromatic heterocycles. The first-order valence-corrected chi connectivity index (χ1v) is 5.52. The summed E-state index contributed by atoms with van der Waals surface area (Å²) in [4.78, 5) is 3.36. The number of fused-ring (bicyclic) bond motifs is 1. The highest BCUT2D eigenvalue weighted by molar-refractivity contribution is 5.55. The minimum Gasteiger partial charge on any atom is -1.00 e. The van der Waals surface area contributed by atoms with Crippen LogP contribution >= 0.6 is 0 Å². The van der Waals surface area contributed by atoms with Gasteiger partial charge in [0, 0.05) is 5.56 Å². The van der Waals surface area contributed by atoms with Crippen LogP contribution in [0.5, 0.6) is 0 Å². The number of rotatable bonds is 1. The zero-order chi connectivity index (χ0) is 10.3. The van der Waals surface area contributed by atoms with Crippen molar-refractivity contribution in [3.05, 3.63) is 41.9 Å². The smallest absolute Gasteiger partial charge is 0.254 e. The lowest BCUT2D eigenvalue weighted by molar-refractivity contribution is -0.678. The molecular weight excluding hydrogens is 220 g/mol. The fraction of sp³-hybridized carbons (Fsp3) is 0.308. The summed E-state index contributed by atoms with van der Waals surface area (Å²) in [5, 5.41) is 0. The maximum atomic E-state index is 3.36. The van der Waals surface area contributed by atoms with Crippen molar-refractivity contribution in [1.29, 1.82) is 0 Å². The lowest BCUT2D eigenvalue weighted by atomic mass is 10.1. The normalized spacial score (nSPS) is 13.3. The number of halogens is 1. The first-order valence-electron chi connectivity index (χ1n) is 5.52. The highest BCUT2D eigenvalue weighted by Crippen LogP contribution is 2.18. The molecule has 1 N–H and O–H groups in total. The van der Waals surface area contributed by atoms with Crippen LogP contribution in [0.25, 0.3) is 11.3 Å². The summed E-state index contributed by atoms with van der Waals surface area (Å²) in [5.41, 5.74) is 3.95. The molecule has 2 aromatic rings. The second kappa shape index (κ2) is 4.30. The zero-order valence-electron chi connectivity index (χ0n) is 9.33. The Kier molecular flexibility index (Phi) is 3.01. The first kappa shape index (κ1) is 11.2. The van der Waals surface area contributed by atoms with Crippen LogP contribution in [-0.2, 0) is 13.0 Å². The number of nitrogens with zero attached hydrogens (tertiary/aromatic N) is 1. The van der Waals surface area contributed by atoms with Gasteiger partial charge in [-0.1, -0.05) is 29.8 Å². The highest BCUT2D eigenvalue weighted by Gasteiger charge is 2.23. The van der Waals surface area contributed by atoms with Crippen molar-refractivity contribution in [2.45, 2.75) is 26.3 Å². The van der Waals surface area contributed by atoms with Crippen LogP contribution in [-0.4, -0.2) is 4.98 Å². The number of nitrogens with one attached hydrogen (secondary N) is 1. The third kappa shape index (κ3) is 1.74. The SMILES string of the molecule is Cc1ccc(-c2c[nH]c3[n+]2CCC3)cc1.[Cl-]. The minimum atomic E-state index is 0. The van der Waals surface area contributed by atoms with Crippen LogP contribution in [0, 0.1) is 6.92 Å². The van der Waals surface area contributed by atoms with Gasteiger partial charge >= 0.3 is 0 Å². The molecule has 0 aliphatic carbocycles. The van der Waals surface area contributed by atoms with E-state index in [-0.39, 0.29) is 12.4 Å². The van der Waals surface area contributed by atoms with Crippen molar-refractivity contribution in [2.24, 2.45) is 0 Å².